The summed E-state index contributed by atoms with van der Waals surface area (Å²) in [4.78, 5) is 14.2. The van der Waals surface area contributed by atoms with Crippen LogP contribution in [0.3, 0.4) is 0 Å². The van der Waals surface area contributed by atoms with Crippen LogP contribution in [0.1, 0.15) is 35.4 Å². The van der Waals surface area contributed by atoms with E-state index in [0.29, 0.717) is 31.0 Å². The molecule has 0 radical (unpaired) electrons. The number of hydrogen-bond acceptors (Lipinski definition) is 5. The van der Waals surface area contributed by atoms with E-state index in [1.165, 1.54) is 6.20 Å². The smallest absolute Gasteiger partial charge is 0.259 e. The van der Waals surface area contributed by atoms with Crippen LogP contribution in [0.15, 0.2) is 10.7 Å². The van der Waals surface area contributed by atoms with Crippen molar-refractivity contribution in [1.82, 2.24) is 10.1 Å². The van der Waals surface area contributed by atoms with Gasteiger partial charge < -0.3 is 18.9 Å². The Balaban J connectivity index is 1.62. The summed E-state index contributed by atoms with van der Waals surface area (Å²) in [5.74, 6) is 0.576. The number of aromatic nitrogens is 1. The fourth-order valence-electron chi connectivity index (χ4n) is 3.09. The van der Waals surface area contributed by atoms with Gasteiger partial charge in [-0.1, -0.05) is 5.16 Å². The molecule has 3 rings (SSSR count). The molecule has 3 heterocycles. The second-order valence-electron chi connectivity index (χ2n) is 5.64. The highest BCUT2D eigenvalue weighted by atomic mass is 16.6. The van der Waals surface area contributed by atoms with Gasteiger partial charge in [0, 0.05) is 26.6 Å². The average molecular weight is 280 g/mol. The van der Waals surface area contributed by atoms with Crippen LogP contribution in [0, 0.1) is 6.92 Å². The maximum Gasteiger partial charge on any atom is 0.259 e. The zero-order chi connectivity index (χ0) is 14.2. The minimum Gasteiger partial charge on any atom is -0.379 e. The summed E-state index contributed by atoms with van der Waals surface area (Å²) in [6, 6.07) is 0. The molecule has 0 unspecified atom stereocenters. The maximum atomic E-state index is 12.4. The van der Waals surface area contributed by atoms with Crippen LogP contribution in [-0.4, -0.2) is 54.5 Å². The Morgan fingerprint density at radius 3 is 2.80 bits per heavy atom. The first-order valence-electron chi connectivity index (χ1n) is 7.01. The van der Waals surface area contributed by atoms with Crippen LogP contribution >= 0.6 is 0 Å². The molecule has 1 spiro atoms. The van der Waals surface area contributed by atoms with E-state index in [9.17, 15) is 4.79 Å². The molecule has 2 aliphatic heterocycles. The largest absolute Gasteiger partial charge is 0.379 e. The Hall–Kier alpha value is -1.40. The first-order valence-corrected chi connectivity index (χ1v) is 7.01. The van der Waals surface area contributed by atoms with Gasteiger partial charge in [-0.25, -0.2) is 0 Å². The lowest BCUT2D eigenvalue weighted by Crippen LogP contribution is -2.46. The molecule has 1 aromatic rings. The highest BCUT2D eigenvalue weighted by Crippen LogP contribution is 2.37. The van der Waals surface area contributed by atoms with E-state index in [1.807, 2.05) is 4.90 Å². The third-order valence-corrected chi connectivity index (χ3v) is 4.45. The Morgan fingerprint density at radius 1 is 1.50 bits per heavy atom. The number of nitrogens with zero attached hydrogens (tertiary/aromatic N) is 2. The number of carbonyl (C=O) groups is 1. The first-order chi connectivity index (χ1) is 9.63. The van der Waals surface area contributed by atoms with Gasteiger partial charge >= 0.3 is 0 Å². The first kappa shape index (κ1) is 13.6. The van der Waals surface area contributed by atoms with Gasteiger partial charge in [-0.15, -0.1) is 0 Å². The van der Waals surface area contributed by atoms with Crippen molar-refractivity contribution in [2.24, 2.45) is 0 Å². The molecule has 6 nitrogen and oxygen atoms in total. The van der Waals surface area contributed by atoms with E-state index in [-0.39, 0.29) is 17.6 Å². The minimum atomic E-state index is -0.0961. The van der Waals surface area contributed by atoms with Crippen molar-refractivity contribution in [3.05, 3.63) is 17.5 Å². The van der Waals surface area contributed by atoms with Crippen LogP contribution < -0.4 is 0 Å². The Morgan fingerprint density at radius 2 is 2.25 bits per heavy atom. The lowest BCUT2D eigenvalue weighted by Gasteiger charge is -2.38. The molecule has 6 heteroatoms. The summed E-state index contributed by atoms with van der Waals surface area (Å²) in [6.45, 7) is 3.84. The number of ether oxygens (including phenoxy) is 2. The van der Waals surface area contributed by atoms with Gasteiger partial charge in [-0.3, -0.25) is 4.79 Å². The Labute approximate surface area is 118 Å². The fraction of sp³-hybridized carbons (Fsp3) is 0.714. The quantitative estimate of drug-likeness (QED) is 0.819. The molecule has 0 N–H and O–H groups in total. The molecule has 2 saturated heterocycles. The number of carbonyl (C=O) groups excluding carboxylic acids is 1. The lowest BCUT2D eigenvalue weighted by molar-refractivity contribution is -0.0402. The molecule has 2 aliphatic rings. The van der Waals surface area contributed by atoms with Crippen molar-refractivity contribution in [3.8, 4) is 0 Å². The van der Waals surface area contributed by atoms with Crippen LogP contribution in [0.2, 0.25) is 0 Å². The molecular weight excluding hydrogens is 260 g/mol. The molecule has 0 bridgehead atoms. The van der Waals surface area contributed by atoms with Gasteiger partial charge in [0.1, 0.15) is 11.3 Å². The summed E-state index contributed by atoms with van der Waals surface area (Å²) in [6.07, 6.45) is 4.34. The van der Waals surface area contributed by atoms with Crippen LogP contribution in [-0.2, 0) is 9.47 Å². The summed E-state index contributed by atoms with van der Waals surface area (Å²) >= 11 is 0. The van der Waals surface area contributed by atoms with Crippen LogP contribution in [0.4, 0.5) is 0 Å². The van der Waals surface area contributed by atoms with Crippen molar-refractivity contribution in [2.45, 2.75) is 37.9 Å². The number of aryl methyl sites for hydroxylation is 1. The van der Waals surface area contributed by atoms with Crippen LogP contribution in [0.25, 0.3) is 0 Å². The van der Waals surface area contributed by atoms with Gasteiger partial charge in [0.05, 0.1) is 24.5 Å². The van der Waals surface area contributed by atoms with E-state index in [1.54, 1.807) is 14.0 Å². The van der Waals surface area contributed by atoms with E-state index in [2.05, 4.69) is 5.16 Å². The summed E-state index contributed by atoms with van der Waals surface area (Å²) in [5.41, 5.74) is 0.462. The van der Waals surface area contributed by atoms with Crippen LogP contribution in [0.5, 0.6) is 0 Å². The molecule has 1 atom stereocenters. The summed E-state index contributed by atoms with van der Waals surface area (Å²) in [7, 11) is 1.72. The van der Waals surface area contributed by atoms with E-state index >= 15 is 0 Å². The third-order valence-electron chi connectivity index (χ3n) is 4.45. The molecule has 0 aliphatic carbocycles. The number of rotatable bonds is 2. The molecule has 0 aromatic carbocycles. The molecule has 2 fully saturated rings. The fourth-order valence-corrected chi connectivity index (χ4v) is 3.09. The molecule has 0 saturated carbocycles. The highest BCUT2D eigenvalue weighted by molar-refractivity contribution is 5.94. The second-order valence-corrected chi connectivity index (χ2v) is 5.64. The van der Waals surface area contributed by atoms with Crippen molar-refractivity contribution < 1.29 is 18.8 Å². The highest BCUT2D eigenvalue weighted by Gasteiger charge is 2.43. The van der Waals surface area contributed by atoms with Gasteiger partial charge in [0.15, 0.2) is 0 Å². The maximum absolute atomic E-state index is 12.4. The van der Waals surface area contributed by atoms with Crippen molar-refractivity contribution >= 4 is 5.91 Å². The lowest BCUT2D eigenvalue weighted by atomic mass is 9.88. The Kier molecular flexibility index (Phi) is 3.52. The molecular formula is C14H20N2O4. The topological polar surface area (TPSA) is 64.8 Å². The zero-order valence-corrected chi connectivity index (χ0v) is 11.9. The summed E-state index contributed by atoms with van der Waals surface area (Å²) in [5, 5.41) is 3.67. The van der Waals surface area contributed by atoms with Gasteiger partial charge in [0.25, 0.3) is 5.91 Å². The second kappa shape index (κ2) is 5.18. The predicted octanol–water partition coefficient (Wildman–Crippen LogP) is 1.39. The third kappa shape index (κ3) is 2.33. The van der Waals surface area contributed by atoms with Crippen molar-refractivity contribution in [2.75, 3.05) is 26.8 Å². The summed E-state index contributed by atoms with van der Waals surface area (Å²) < 4.78 is 16.3. The van der Waals surface area contributed by atoms with Crippen molar-refractivity contribution in [1.29, 1.82) is 0 Å². The van der Waals surface area contributed by atoms with E-state index in [0.717, 1.165) is 19.3 Å². The average Bonchev–Trinajstić information content (AvgIpc) is 3.06. The van der Waals surface area contributed by atoms with Gasteiger partial charge in [0.2, 0.25) is 0 Å². The zero-order valence-electron chi connectivity index (χ0n) is 11.9. The number of hydrogen-bond donors (Lipinski definition) is 0. The molecule has 110 valence electrons. The van der Waals surface area contributed by atoms with Gasteiger partial charge in [-0.05, 0) is 19.8 Å². The minimum absolute atomic E-state index is 0.000103. The monoisotopic (exact) mass is 280 g/mol. The number of methoxy groups -OCH3 is 1. The molecule has 1 aromatic heterocycles. The number of likely N-dealkylation sites (tertiary alicyclic amines) is 1. The van der Waals surface area contributed by atoms with E-state index < -0.39 is 0 Å². The van der Waals surface area contributed by atoms with Gasteiger partial charge in [-0.2, -0.15) is 0 Å². The normalized spacial score (nSPS) is 25.3. The number of piperidine rings is 1. The SMILES string of the molecule is CO[C@@H]1COC2(CCN(C(=O)c3cnoc3C)CC2)C1. The standard InChI is InChI=1S/C14H20N2O4/c1-10-12(8-15-20-10)13(17)16-5-3-14(4-6-16)7-11(18-2)9-19-14/h8,11H,3-7,9H2,1-2H3/t11-/m0/s1. The molecule has 20 heavy (non-hydrogen) atoms. The van der Waals surface area contributed by atoms with Crippen molar-refractivity contribution in [3.63, 3.8) is 0 Å². The van der Waals surface area contributed by atoms with E-state index in [4.69, 9.17) is 14.0 Å². The Bertz CT molecular complexity index is 491. The molecule has 1 amide bonds. The predicted molar refractivity (Wildman–Crippen MR) is 70.5 cm³/mol. The number of amides is 1.